The van der Waals surface area contributed by atoms with E-state index in [9.17, 15) is 4.79 Å². The Balaban J connectivity index is 2.70. The van der Waals surface area contributed by atoms with Crippen molar-refractivity contribution in [2.24, 2.45) is 0 Å². The highest BCUT2D eigenvalue weighted by atomic mass is 16.1. The predicted octanol–water partition coefficient (Wildman–Crippen LogP) is 0.139. The Labute approximate surface area is 63.2 Å². The van der Waals surface area contributed by atoms with E-state index in [-0.39, 0.29) is 5.69 Å². The van der Waals surface area contributed by atoms with Gasteiger partial charge in [-0.05, 0) is 12.1 Å². The monoisotopic (exact) mass is 149 g/mol. The van der Waals surface area contributed by atoms with E-state index in [1.165, 1.54) is 10.8 Å². The molecule has 0 spiro atoms. The van der Waals surface area contributed by atoms with Crippen molar-refractivity contribution >= 4 is 12.0 Å². The van der Waals surface area contributed by atoms with Gasteiger partial charge < -0.3 is 5.32 Å². The highest BCUT2D eigenvalue weighted by molar-refractivity contribution is 5.47. The molecular formula is C7H7N3O. The summed E-state index contributed by atoms with van der Waals surface area (Å²) in [6, 6.07) is 1.77. The van der Waals surface area contributed by atoms with Gasteiger partial charge in [-0.15, -0.1) is 0 Å². The Bertz CT molecular complexity index is 353. The molecule has 1 N–H and O–H groups in total. The number of aromatic nitrogens is 2. The average molecular weight is 149 g/mol. The average Bonchev–Trinajstić information content (AvgIpc) is 2.06. The number of fused-ring (bicyclic) bond motifs is 1. The lowest BCUT2D eigenvalue weighted by Crippen LogP contribution is -2.24. The van der Waals surface area contributed by atoms with Crippen molar-refractivity contribution in [1.29, 1.82) is 0 Å². The fraction of sp³-hybridized carbons (Fsp3) is 0.143. The minimum Gasteiger partial charge on any atom is -0.367 e. The van der Waals surface area contributed by atoms with Gasteiger partial charge in [-0.25, -0.2) is 9.78 Å². The lowest BCUT2D eigenvalue weighted by molar-refractivity contribution is 0.941. The van der Waals surface area contributed by atoms with Gasteiger partial charge in [0.2, 0.25) is 0 Å². The summed E-state index contributed by atoms with van der Waals surface area (Å²) in [6.07, 6.45) is 5.09. The Morgan fingerprint density at radius 1 is 1.64 bits per heavy atom. The van der Waals surface area contributed by atoms with Gasteiger partial charge in [0.25, 0.3) is 0 Å². The third kappa shape index (κ3) is 0.920. The van der Waals surface area contributed by atoms with Crippen molar-refractivity contribution in [3.05, 3.63) is 28.8 Å². The Hall–Kier alpha value is -1.58. The SMILES string of the molecule is O=c1nccc2n1C=CCN2. The predicted molar refractivity (Wildman–Crippen MR) is 42.3 cm³/mol. The first-order valence-electron chi connectivity index (χ1n) is 3.36. The second-order valence-electron chi connectivity index (χ2n) is 2.25. The molecule has 0 bridgehead atoms. The fourth-order valence-electron chi connectivity index (χ4n) is 1.03. The highest BCUT2D eigenvalue weighted by Crippen LogP contribution is 2.05. The molecule has 2 heterocycles. The van der Waals surface area contributed by atoms with Crippen molar-refractivity contribution in [3.8, 4) is 0 Å². The zero-order valence-electron chi connectivity index (χ0n) is 5.82. The van der Waals surface area contributed by atoms with Crippen molar-refractivity contribution in [3.63, 3.8) is 0 Å². The third-order valence-electron chi connectivity index (χ3n) is 1.54. The first kappa shape index (κ1) is 6.15. The van der Waals surface area contributed by atoms with Crippen LogP contribution in [0.2, 0.25) is 0 Å². The minimum absolute atomic E-state index is 0.244. The van der Waals surface area contributed by atoms with Crippen LogP contribution in [0.1, 0.15) is 0 Å². The van der Waals surface area contributed by atoms with Crippen molar-refractivity contribution in [2.75, 3.05) is 11.9 Å². The second-order valence-corrected chi connectivity index (χ2v) is 2.25. The van der Waals surface area contributed by atoms with Crippen LogP contribution in [0.5, 0.6) is 0 Å². The van der Waals surface area contributed by atoms with Crippen LogP contribution in [0.3, 0.4) is 0 Å². The molecule has 11 heavy (non-hydrogen) atoms. The number of hydrogen-bond acceptors (Lipinski definition) is 3. The van der Waals surface area contributed by atoms with E-state index in [2.05, 4.69) is 10.3 Å². The molecule has 0 fully saturated rings. The molecule has 1 aliphatic heterocycles. The molecule has 4 heteroatoms. The zero-order chi connectivity index (χ0) is 7.68. The maximum Gasteiger partial charge on any atom is 0.353 e. The standard InChI is InChI=1S/C7H7N3O/c11-7-9-4-2-6-8-3-1-5-10(6)7/h1-2,4-5,8H,3H2. The summed E-state index contributed by atoms with van der Waals surface area (Å²) in [5, 5.41) is 3.04. The van der Waals surface area contributed by atoms with Gasteiger partial charge in [-0.1, -0.05) is 0 Å². The topological polar surface area (TPSA) is 46.9 Å². The van der Waals surface area contributed by atoms with E-state index in [1.54, 1.807) is 12.3 Å². The molecule has 2 rings (SSSR count). The normalized spacial score (nSPS) is 13.8. The molecule has 0 aliphatic carbocycles. The number of nitrogens with zero attached hydrogens (tertiary/aromatic N) is 2. The number of rotatable bonds is 0. The minimum atomic E-state index is -0.244. The molecule has 1 aromatic rings. The molecule has 0 amide bonds. The molecule has 56 valence electrons. The smallest absolute Gasteiger partial charge is 0.353 e. The van der Waals surface area contributed by atoms with Gasteiger partial charge in [0, 0.05) is 18.9 Å². The van der Waals surface area contributed by atoms with Gasteiger partial charge in [0.05, 0.1) is 0 Å². The fourth-order valence-corrected chi connectivity index (χ4v) is 1.03. The molecule has 1 aromatic heterocycles. The zero-order valence-corrected chi connectivity index (χ0v) is 5.82. The highest BCUT2D eigenvalue weighted by Gasteiger charge is 2.02. The van der Waals surface area contributed by atoms with E-state index in [0.29, 0.717) is 0 Å². The van der Waals surface area contributed by atoms with E-state index >= 15 is 0 Å². The molecule has 0 unspecified atom stereocenters. The van der Waals surface area contributed by atoms with Gasteiger partial charge in [0.1, 0.15) is 5.82 Å². The van der Waals surface area contributed by atoms with Gasteiger partial charge in [0.15, 0.2) is 0 Å². The Kier molecular flexibility index (Phi) is 1.25. The molecule has 1 aliphatic rings. The number of anilines is 1. The molecular weight excluding hydrogens is 142 g/mol. The van der Waals surface area contributed by atoms with Gasteiger partial charge in [-0.3, -0.25) is 4.57 Å². The van der Waals surface area contributed by atoms with Crippen LogP contribution in [0, 0.1) is 0 Å². The summed E-state index contributed by atoms with van der Waals surface area (Å²) in [4.78, 5) is 14.6. The van der Waals surface area contributed by atoms with E-state index in [1.807, 2.05) is 6.08 Å². The van der Waals surface area contributed by atoms with Crippen molar-refractivity contribution < 1.29 is 0 Å². The van der Waals surface area contributed by atoms with Crippen LogP contribution in [0.15, 0.2) is 23.1 Å². The van der Waals surface area contributed by atoms with Crippen LogP contribution in [-0.2, 0) is 0 Å². The summed E-state index contributed by atoms with van der Waals surface area (Å²) in [6.45, 7) is 0.767. The lowest BCUT2D eigenvalue weighted by Gasteiger charge is -2.12. The molecule has 0 aromatic carbocycles. The van der Waals surface area contributed by atoms with Crippen LogP contribution in [0.4, 0.5) is 5.82 Å². The maximum atomic E-state index is 11.0. The number of hydrogen-bond donors (Lipinski definition) is 1. The number of nitrogens with one attached hydrogen (secondary N) is 1. The molecule has 0 atom stereocenters. The molecule has 0 saturated heterocycles. The molecule has 0 radical (unpaired) electrons. The third-order valence-corrected chi connectivity index (χ3v) is 1.54. The lowest BCUT2D eigenvalue weighted by atomic mass is 10.4. The van der Waals surface area contributed by atoms with Crippen LogP contribution in [-0.4, -0.2) is 16.1 Å². The Morgan fingerprint density at radius 3 is 3.36 bits per heavy atom. The molecule has 4 nitrogen and oxygen atoms in total. The quantitative estimate of drug-likeness (QED) is 0.570. The van der Waals surface area contributed by atoms with Crippen LogP contribution >= 0.6 is 0 Å². The van der Waals surface area contributed by atoms with Gasteiger partial charge >= 0.3 is 5.69 Å². The summed E-state index contributed by atoms with van der Waals surface area (Å²) in [7, 11) is 0. The second kappa shape index (κ2) is 2.23. The van der Waals surface area contributed by atoms with Crippen LogP contribution in [0.25, 0.3) is 6.20 Å². The van der Waals surface area contributed by atoms with Gasteiger partial charge in [-0.2, -0.15) is 0 Å². The Morgan fingerprint density at radius 2 is 2.55 bits per heavy atom. The van der Waals surface area contributed by atoms with Crippen molar-refractivity contribution in [1.82, 2.24) is 9.55 Å². The maximum absolute atomic E-state index is 11.0. The molecule has 0 saturated carbocycles. The largest absolute Gasteiger partial charge is 0.367 e. The summed E-state index contributed by atoms with van der Waals surface area (Å²) in [5.41, 5.74) is -0.244. The van der Waals surface area contributed by atoms with E-state index in [0.717, 1.165) is 12.4 Å². The van der Waals surface area contributed by atoms with Crippen LogP contribution < -0.4 is 11.0 Å². The van der Waals surface area contributed by atoms with E-state index < -0.39 is 0 Å². The van der Waals surface area contributed by atoms with Crippen molar-refractivity contribution in [2.45, 2.75) is 0 Å². The first-order chi connectivity index (χ1) is 5.38. The van der Waals surface area contributed by atoms with E-state index in [4.69, 9.17) is 0 Å². The summed E-state index contributed by atoms with van der Waals surface area (Å²) >= 11 is 0. The summed E-state index contributed by atoms with van der Waals surface area (Å²) < 4.78 is 1.48. The first-order valence-corrected chi connectivity index (χ1v) is 3.36. The summed E-state index contributed by atoms with van der Waals surface area (Å²) in [5.74, 6) is 0.799.